The lowest BCUT2D eigenvalue weighted by Crippen LogP contribution is -2.50. The number of amides is 2. The molecule has 0 fully saturated rings. The summed E-state index contributed by atoms with van der Waals surface area (Å²) in [6, 6.07) is 1.71. The molecule has 116 valence electrons. The lowest BCUT2D eigenvalue weighted by atomic mass is 10.1. The van der Waals surface area contributed by atoms with Gasteiger partial charge in [0.25, 0.3) is 0 Å². The number of fused-ring (bicyclic) bond motifs is 1. The topological polar surface area (TPSA) is 49.4 Å². The van der Waals surface area contributed by atoms with Gasteiger partial charge in [-0.15, -0.1) is 11.3 Å². The summed E-state index contributed by atoms with van der Waals surface area (Å²) in [5, 5.41) is 4.99. The number of nitrogens with one attached hydrogen (secondary N) is 1. The van der Waals surface area contributed by atoms with Crippen molar-refractivity contribution in [2.75, 3.05) is 6.54 Å². The van der Waals surface area contributed by atoms with Crippen LogP contribution in [0.1, 0.15) is 44.1 Å². The molecule has 2 heterocycles. The van der Waals surface area contributed by atoms with Crippen molar-refractivity contribution in [2.45, 2.75) is 52.6 Å². The standard InChI is InChI=1S/C16H24N2O2S/c1-4-5-13(17-15(19)11(2)3)16(20)18-8-6-14-12(10-18)7-9-21-14/h7,9,11,13H,4-6,8,10H2,1-3H3,(H,17,19). The molecule has 1 aromatic rings. The largest absolute Gasteiger partial charge is 0.344 e. The Hall–Kier alpha value is -1.36. The Labute approximate surface area is 130 Å². The summed E-state index contributed by atoms with van der Waals surface area (Å²) in [6.45, 7) is 7.16. The van der Waals surface area contributed by atoms with Crippen molar-refractivity contribution in [1.29, 1.82) is 0 Å². The fourth-order valence-corrected chi connectivity index (χ4v) is 3.43. The zero-order valence-corrected chi connectivity index (χ0v) is 13.8. The van der Waals surface area contributed by atoms with E-state index < -0.39 is 0 Å². The zero-order valence-electron chi connectivity index (χ0n) is 13.0. The molecule has 5 heteroatoms. The minimum absolute atomic E-state index is 0.0463. The molecule has 1 aliphatic heterocycles. The van der Waals surface area contributed by atoms with Gasteiger partial charge in [-0.05, 0) is 29.9 Å². The molecule has 1 aliphatic rings. The number of thiophene rings is 1. The van der Waals surface area contributed by atoms with Crippen molar-refractivity contribution in [2.24, 2.45) is 5.92 Å². The van der Waals surface area contributed by atoms with E-state index in [1.807, 2.05) is 25.7 Å². The first-order valence-corrected chi connectivity index (χ1v) is 8.55. The first kappa shape index (κ1) is 16.0. The third kappa shape index (κ3) is 3.84. The molecule has 1 aromatic heterocycles. The minimum atomic E-state index is -0.384. The molecule has 0 saturated carbocycles. The summed E-state index contributed by atoms with van der Waals surface area (Å²) >= 11 is 1.76. The van der Waals surface area contributed by atoms with E-state index in [4.69, 9.17) is 0 Å². The normalized spacial score (nSPS) is 15.7. The average molecular weight is 308 g/mol. The van der Waals surface area contributed by atoms with Crippen LogP contribution >= 0.6 is 11.3 Å². The lowest BCUT2D eigenvalue weighted by Gasteiger charge is -2.31. The summed E-state index contributed by atoms with van der Waals surface area (Å²) in [5.41, 5.74) is 1.25. The second-order valence-corrected chi connectivity index (χ2v) is 6.88. The highest BCUT2D eigenvalue weighted by atomic mass is 32.1. The van der Waals surface area contributed by atoms with Crippen LogP contribution in [0.2, 0.25) is 0 Å². The summed E-state index contributed by atoms with van der Waals surface area (Å²) in [4.78, 5) is 27.9. The fourth-order valence-electron chi connectivity index (χ4n) is 2.54. The van der Waals surface area contributed by atoms with Gasteiger partial charge in [0.1, 0.15) is 6.04 Å². The van der Waals surface area contributed by atoms with Gasteiger partial charge in [0.2, 0.25) is 11.8 Å². The van der Waals surface area contributed by atoms with Gasteiger partial charge in [0.15, 0.2) is 0 Å². The van der Waals surface area contributed by atoms with E-state index in [-0.39, 0.29) is 23.8 Å². The van der Waals surface area contributed by atoms with Crippen molar-refractivity contribution in [3.8, 4) is 0 Å². The predicted octanol–water partition coefficient (Wildman–Crippen LogP) is 2.57. The van der Waals surface area contributed by atoms with E-state index in [0.29, 0.717) is 13.0 Å². The highest BCUT2D eigenvalue weighted by Crippen LogP contribution is 2.24. The van der Waals surface area contributed by atoms with Crippen LogP contribution in [0.15, 0.2) is 11.4 Å². The van der Waals surface area contributed by atoms with E-state index in [1.165, 1.54) is 10.4 Å². The third-order valence-corrected chi connectivity index (χ3v) is 4.86. The predicted molar refractivity (Wildman–Crippen MR) is 85.1 cm³/mol. The van der Waals surface area contributed by atoms with E-state index in [0.717, 1.165) is 19.4 Å². The Morgan fingerprint density at radius 1 is 1.43 bits per heavy atom. The van der Waals surface area contributed by atoms with Crippen LogP contribution in [-0.2, 0) is 22.6 Å². The maximum absolute atomic E-state index is 12.7. The number of rotatable bonds is 5. The molecule has 21 heavy (non-hydrogen) atoms. The summed E-state index contributed by atoms with van der Waals surface area (Å²) < 4.78 is 0. The van der Waals surface area contributed by atoms with Gasteiger partial charge in [-0.2, -0.15) is 0 Å². The average Bonchev–Trinajstić information content (AvgIpc) is 2.93. The van der Waals surface area contributed by atoms with Crippen LogP contribution in [0.4, 0.5) is 0 Å². The lowest BCUT2D eigenvalue weighted by molar-refractivity contribution is -0.138. The van der Waals surface area contributed by atoms with Gasteiger partial charge in [0, 0.05) is 23.9 Å². The highest BCUT2D eigenvalue weighted by Gasteiger charge is 2.28. The molecule has 0 radical (unpaired) electrons. The Morgan fingerprint density at radius 2 is 2.19 bits per heavy atom. The maximum Gasteiger partial charge on any atom is 0.245 e. The van der Waals surface area contributed by atoms with E-state index >= 15 is 0 Å². The van der Waals surface area contributed by atoms with Crippen molar-refractivity contribution in [3.63, 3.8) is 0 Å². The van der Waals surface area contributed by atoms with Gasteiger partial charge >= 0.3 is 0 Å². The number of carbonyl (C=O) groups excluding carboxylic acids is 2. The second-order valence-electron chi connectivity index (χ2n) is 5.88. The molecule has 2 amide bonds. The van der Waals surface area contributed by atoms with Crippen molar-refractivity contribution in [1.82, 2.24) is 10.2 Å². The number of hydrogen-bond donors (Lipinski definition) is 1. The molecular formula is C16H24N2O2S. The molecule has 4 nitrogen and oxygen atoms in total. The number of nitrogens with zero attached hydrogens (tertiary/aromatic N) is 1. The van der Waals surface area contributed by atoms with Crippen LogP contribution < -0.4 is 5.32 Å². The number of carbonyl (C=O) groups is 2. The van der Waals surface area contributed by atoms with Gasteiger partial charge in [-0.1, -0.05) is 27.2 Å². The first-order valence-electron chi connectivity index (χ1n) is 7.67. The highest BCUT2D eigenvalue weighted by molar-refractivity contribution is 7.10. The molecule has 1 unspecified atom stereocenters. The van der Waals surface area contributed by atoms with Crippen LogP contribution in [0.5, 0.6) is 0 Å². The van der Waals surface area contributed by atoms with E-state index in [9.17, 15) is 9.59 Å². The van der Waals surface area contributed by atoms with Gasteiger partial charge in [-0.3, -0.25) is 9.59 Å². The van der Waals surface area contributed by atoms with Crippen LogP contribution in [-0.4, -0.2) is 29.3 Å². The third-order valence-electron chi connectivity index (χ3n) is 3.84. The summed E-state index contributed by atoms with van der Waals surface area (Å²) in [6.07, 6.45) is 2.51. The Kier molecular flexibility index (Phi) is 5.39. The monoisotopic (exact) mass is 308 g/mol. The zero-order chi connectivity index (χ0) is 15.4. The van der Waals surface area contributed by atoms with Crippen molar-refractivity contribution < 1.29 is 9.59 Å². The van der Waals surface area contributed by atoms with Gasteiger partial charge in [-0.25, -0.2) is 0 Å². The molecule has 0 bridgehead atoms. The first-order chi connectivity index (χ1) is 10.0. The van der Waals surface area contributed by atoms with Crippen LogP contribution in [0, 0.1) is 5.92 Å². The van der Waals surface area contributed by atoms with E-state index in [2.05, 4.69) is 16.8 Å². The Bertz CT molecular complexity index is 510. The molecular weight excluding hydrogens is 284 g/mol. The Balaban J connectivity index is 2.03. The molecule has 1 atom stereocenters. The molecule has 0 spiro atoms. The quantitative estimate of drug-likeness (QED) is 0.909. The molecule has 0 saturated heterocycles. The molecule has 1 N–H and O–H groups in total. The Morgan fingerprint density at radius 3 is 2.86 bits per heavy atom. The second kappa shape index (κ2) is 7.07. The van der Waals surface area contributed by atoms with Gasteiger partial charge < -0.3 is 10.2 Å². The maximum atomic E-state index is 12.7. The fraction of sp³-hybridized carbons (Fsp3) is 0.625. The number of hydrogen-bond acceptors (Lipinski definition) is 3. The van der Waals surface area contributed by atoms with Crippen molar-refractivity contribution in [3.05, 3.63) is 21.9 Å². The van der Waals surface area contributed by atoms with Gasteiger partial charge in [0.05, 0.1) is 0 Å². The summed E-state index contributed by atoms with van der Waals surface area (Å²) in [5.74, 6) is -0.0836. The molecule has 0 aliphatic carbocycles. The van der Waals surface area contributed by atoms with Crippen LogP contribution in [0.3, 0.4) is 0 Å². The molecule has 0 aromatic carbocycles. The smallest absolute Gasteiger partial charge is 0.245 e. The minimum Gasteiger partial charge on any atom is -0.344 e. The van der Waals surface area contributed by atoms with Crippen LogP contribution in [0.25, 0.3) is 0 Å². The molecule has 2 rings (SSSR count). The van der Waals surface area contributed by atoms with Crippen molar-refractivity contribution >= 4 is 23.2 Å². The van der Waals surface area contributed by atoms with E-state index in [1.54, 1.807) is 11.3 Å². The summed E-state index contributed by atoms with van der Waals surface area (Å²) in [7, 11) is 0. The SMILES string of the molecule is CCCC(NC(=O)C(C)C)C(=O)N1CCc2sccc2C1.